The first-order valence-electron chi connectivity index (χ1n) is 6.00. The minimum Gasteiger partial charge on any atom is -0.326 e. The Labute approximate surface area is 116 Å². The largest absolute Gasteiger partial charge is 0.326 e. The molecule has 0 saturated carbocycles. The molecule has 1 heterocycles. The van der Waals surface area contributed by atoms with Crippen molar-refractivity contribution in [2.45, 2.75) is 19.3 Å². The summed E-state index contributed by atoms with van der Waals surface area (Å²) in [4.78, 5) is 22.4. The number of benzene rings is 1. The molecule has 2 amide bonds. The Balaban J connectivity index is 2.02. The van der Waals surface area contributed by atoms with Gasteiger partial charge in [-0.2, -0.15) is 5.10 Å². The highest BCUT2D eigenvalue weighted by atomic mass is 35.5. The minimum atomic E-state index is -0.106. The summed E-state index contributed by atoms with van der Waals surface area (Å²) < 4.78 is 0. The fourth-order valence-corrected chi connectivity index (χ4v) is 1.91. The van der Waals surface area contributed by atoms with Crippen molar-refractivity contribution in [3.63, 3.8) is 0 Å². The maximum Gasteiger partial charge on any atom is 0.240 e. The van der Waals surface area contributed by atoms with Crippen molar-refractivity contribution in [2.24, 2.45) is 5.10 Å². The van der Waals surface area contributed by atoms with Crippen LogP contribution in [0.15, 0.2) is 29.4 Å². The molecule has 1 aromatic carbocycles. The number of hydrogen-bond donors (Lipinski definition) is 2. The molecular formula is C13H14ClN3O2. The van der Waals surface area contributed by atoms with Crippen molar-refractivity contribution < 1.29 is 9.59 Å². The first kappa shape index (κ1) is 13.5. The second-order valence-electron chi connectivity index (χ2n) is 4.16. The van der Waals surface area contributed by atoms with Gasteiger partial charge in [0.15, 0.2) is 0 Å². The third-order valence-corrected chi connectivity index (χ3v) is 2.92. The molecule has 0 saturated heterocycles. The Kier molecular flexibility index (Phi) is 4.52. The molecule has 0 aliphatic carbocycles. The van der Waals surface area contributed by atoms with Gasteiger partial charge in [0.05, 0.1) is 5.71 Å². The number of carbonyl (C=O) groups is 2. The highest BCUT2D eigenvalue weighted by molar-refractivity contribution is 6.19. The van der Waals surface area contributed by atoms with E-state index in [1.807, 2.05) is 12.1 Å². The van der Waals surface area contributed by atoms with Gasteiger partial charge in [-0.15, -0.1) is 11.6 Å². The molecule has 1 aromatic rings. The SMILES string of the molecule is O=C1CCC(c2ccc(NC(=O)CCCl)cc2)=NN1. The van der Waals surface area contributed by atoms with Crippen molar-refractivity contribution in [1.29, 1.82) is 0 Å². The van der Waals surface area contributed by atoms with E-state index >= 15 is 0 Å². The number of hydrogen-bond acceptors (Lipinski definition) is 3. The fraction of sp³-hybridized carbons (Fsp3) is 0.308. The second kappa shape index (κ2) is 6.33. The smallest absolute Gasteiger partial charge is 0.240 e. The maximum atomic E-state index is 11.4. The molecule has 2 rings (SSSR count). The van der Waals surface area contributed by atoms with Gasteiger partial charge in [0.1, 0.15) is 0 Å². The molecule has 1 aliphatic heterocycles. The minimum absolute atomic E-state index is 0.0614. The predicted molar refractivity (Wildman–Crippen MR) is 74.3 cm³/mol. The molecule has 1 aliphatic rings. The highest BCUT2D eigenvalue weighted by Crippen LogP contribution is 2.14. The number of carbonyl (C=O) groups excluding carboxylic acids is 2. The highest BCUT2D eigenvalue weighted by Gasteiger charge is 2.13. The molecule has 0 radical (unpaired) electrons. The van der Waals surface area contributed by atoms with Crippen molar-refractivity contribution in [3.05, 3.63) is 29.8 Å². The molecule has 5 nitrogen and oxygen atoms in total. The van der Waals surface area contributed by atoms with Gasteiger partial charge in [-0.25, -0.2) is 5.43 Å². The average Bonchev–Trinajstić information content (AvgIpc) is 2.41. The summed E-state index contributed by atoms with van der Waals surface area (Å²) in [5.74, 6) is 0.138. The van der Waals surface area contributed by atoms with Gasteiger partial charge >= 0.3 is 0 Å². The third kappa shape index (κ3) is 3.79. The summed E-state index contributed by atoms with van der Waals surface area (Å²) >= 11 is 5.49. The van der Waals surface area contributed by atoms with Crippen LogP contribution in [0, 0.1) is 0 Å². The molecule has 0 fully saturated rings. The van der Waals surface area contributed by atoms with E-state index < -0.39 is 0 Å². The quantitative estimate of drug-likeness (QED) is 0.826. The zero-order valence-electron chi connectivity index (χ0n) is 10.3. The summed E-state index contributed by atoms with van der Waals surface area (Å²) in [5.41, 5.74) is 4.97. The number of rotatable bonds is 4. The van der Waals surface area contributed by atoms with Crippen molar-refractivity contribution in [1.82, 2.24) is 5.43 Å². The lowest BCUT2D eigenvalue weighted by molar-refractivity contribution is -0.121. The summed E-state index contributed by atoms with van der Waals surface area (Å²) in [5, 5.41) is 6.76. The number of amides is 2. The normalized spacial score (nSPS) is 14.6. The first-order valence-corrected chi connectivity index (χ1v) is 6.54. The van der Waals surface area contributed by atoms with Gasteiger partial charge in [-0.05, 0) is 17.7 Å². The number of hydrazone groups is 1. The van der Waals surface area contributed by atoms with Crippen LogP contribution in [0.5, 0.6) is 0 Å². The summed E-state index contributed by atoms with van der Waals surface area (Å²) in [6, 6.07) is 7.35. The van der Waals surface area contributed by atoms with E-state index in [9.17, 15) is 9.59 Å². The van der Waals surface area contributed by atoms with E-state index in [0.29, 0.717) is 25.1 Å². The van der Waals surface area contributed by atoms with Crippen molar-refractivity contribution in [3.8, 4) is 0 Å². The van der Waals surface area contributed by atoms with E-state index in [0.717, 1.165) is 17.0 Å². The number of anilines is 1. The van der Waals surface area contributed by atoms with E-state index in [2.05, 4.69) is 15.8 Å². The Morgan fingerprint density at radius 1 is 1.32 bits per heavy atom. The van der Waals surface area contributed by atoms with Crippen molar-refractivity contribution >= 4 is 34.8 Å². The number of halogens is 1. The van der Waals surface area contributed by atoms with Crippen LogP contribution >= 0.6 is 11.6 Å². The zero-order chi connectivity index (χ0) is 13.7. The second-order valence-corrected chi connectivity index (χ2v) is 4.54. The van der Waals surface area contributed by atoms with E-state index in [1.54, 1.807) is 12.1 Å². The average molecular weight is 280 g/mol. The summed E-state index contributed by atoms with van der Waals surface area (Å²) in [6.45, 7) is 0. The molecular weight excluding hydrogens is 266 g/mol. The van der Waals surface area contributed by atoms with Crippen LogP contribution < -0.4 is 10.7 Å². The Morgan fingerprint density at radius 3 is 2.63 bits per heavy atom. The van der Waals surface area contributed by atoms with Crippen LogP contribution in [0.25, 0.3) is 0 Å². The van der Waals surface area contributed by atoms with Gasteiger partial charge in [0.2, 0.25) is 11.8 Å². The predicted octanol–water partition coefficient (Wildman–Crippen LogP) is 1.87. The van der Waals surface area contributed by atoms with Gasteiger partial charge in [0, 0.05) is 30.8 Å². The van der Waals surface area contributed by atoms with E-state index in [1.165, 1.54) is 0 Å². The van der Waals surface area contributed by atoms with E-state index in [4.69, 9.17) is 11.6 Å². The zero-order valence-corrected chi connectivity index (χ0v) is 11.0. The van der Waals surface area contributed by atoms with Crippen LogP contribution in [0.3, 0.4) is 0 Å². The van der Waals surface area contributed by atoms with Crippen LogP contribution in [-0.4, -0.2) is 23.4 Å². The van der Waals surface area contributed by atoms with Crippen LogP contribution in [-0.2, 0) is 9.59 Å². The standard InChI is InChI=1S/C13H14ClN3O2/c14-8-7-12(18)15-10-3-1-9(2-4-10)11-5-6-13(19)17-16-11/h1-4H,5-8H2,(H,15,18)(H,17,19). The number of nitrogens with one attached hydrogen (secondary N) is 2. The van der Waals surface area contributed by atoms with Gasteiger partial charge in [-0.3, -0.25) is 9.59 Å². The monoisotopic (exact) mass is 279 g/mol. The molecule has 0 unspecified atom stereocenters. The molecule has 0 bridgehead atoms. The lowest BCUT2D eigenvalue weighted by atomic mass is 10.0. The van der Waals surface area contributed by atoms with Crippen LogP contribution in [0.2, 0.25) is 0 Å². The number of nitrogens with zero attached hydrogens (tertiary/aromatic N) is 1. The van der Waals surface area contributed by atoms with Crippen molar-refractivity contribution in [2.75, 3.05) is 11.2 Å². The Hall–Kier alpha value is -1.88. The van der Waals surface area contributed by atoms with Crippen LogP contribution in [0.1, 0.15) is 24.8 Å². The summed E-state index contributed by atoms with van der Waals surface area (Å²) in [7, 11) is 0. The fourth-order valence-electron chi connectivity index (χ4n) is 1.74. The first-order chi connectivity index (χ1) is 9.19. The molecule has 100 valence electrons. The lowest BCUT2D eigenvalue weighted by Crippen LogP contribution is -2.25. The van der Waals surface area contributed by atoms with Gasteiger partial charge < -0.3 is 5.32 Å². The maximum absolute atomic E-state index is 11.4. The van der Waals surface area contributed by atoms with Crippen LogP contribution in [0.4, 0.5) is 5.69 Å². The third-order valence-electron chi connectivity index (χ3n) is 2.73. The number of alkyl halides is 1. The molecule has 0 spiro atoms. The van der Waals surface area contributed by atoms with Gasteiger partial charge in [-0.1, -0.05) is 12.1 Å². The molecule has 19 heavy (non-hydrogen) atoms. The molecule has 6 heteroatoms. The summed E-state index contributed by atoms with van der Waals surface area (Å²) in [6.07, 6.45) is 1.37. The molecule has 0 atom stereocenters. The van der Waals surface area contributed by atoms with Gasteiger partial charge in [0.25, 0.3) is 0 Å². The Bertz CT molecular complexity index is 511. The Morgan fingerprint density at radius 2 is 2.05 bits per heavy atom. The molecule has 2 N–H and O–H groups in total. The van der Waals surface area contributed by atoms with E-state index in [-0.39, 0.29) is 11.8 Å². The topological polar surface area (TPSA) is 70.6 Å². The molecule has 0 aromatic heterocycles. The lowest BCUT2D eigenvalue weighted by Gasteiger charge is -2.12.